The SMILES string of the molecule is O=C(CCCn1cnnn1)N1CCC[C@H]1c1nc2ccccc2[nH]1. The molecule has 1 fully saturated rings. The summed E-state index contributed by atoms with van der Waals surface area (Å²) in [5.41, 5.74) is 1.97. The van der Waals surface area contributed by atoms with E-state index in [1.807, 2.05) is 29.2 Å². The van der Waals surface area contributed by atoms with Crippen molar-refractivity contribution in [2.45, 2.75) is 38.3 Å². The number of aromatic nitrogens is 6. The van der Waals surface area contributed by atoms with E-state index in [9.17, 15) is 4.79 Å². The first-order chi connectivity index (χ1) is 11.8. The standard InChI is InChI=1S/C16H19N7O/c24-15(8-4-9-22-11-17-20-21-22)23-10-3-7-14(23)16-18-12-5-1-2-6-13(12)19-16/h1-2,5-6,11,14H,3-4,7-10H2,(H,18,19)/t14-/m0/s1. The molecule has 4 rings (SSSR count). The number of aromatic amines is 1. The average molecular weight is 325 g/mol. The zero-order chi connectivity index (χ0) is 16.4. The Kier molecular flexibility index (Phi) is 3.94. The first-order valence-electron chi connectivity index (χ1n) is 8.26. The van der Waals surface area contributed by atoms with Crippen LogP contribution in [-0.4, -0.2) is 47.5 Å². The Morgan fingerprint density at radius 1 is 1.33 bits per heavy atom. The lowest BCUT2D eigenvalue weighted by molar-refractivity contribution is -0.132. The van der Waals surface area contributed by atoms with E-state index in [0.717, 1.165) is 42.7 Å². The molecule has 3 aromatic rings. The molecule has 3 heterocycles. The topological polar surface area (TPSA) is 92.6 Å². The Hall–Kier alpha value is -2.77. The number of hydrogen-bond acceptors (Lipinski definition) is 5. The van der Waals surface area contributed by atoms with Crippen LogP contribution in [0.3, 0.4) is 0 Å². The molecule has 0 saturated carbocycles. The van der Waals surface area contributed by atoms with Gasteiger partial charge in [0.25, 0.3) is 0 Å². The lowest BCUT2D eigenvalue weighted by Gasteiger charge is -2.23. The summed E-state index contributed by atoms with van der Waals surface area (Å²) >= 11 is 0. The van der Waals surface area contributed by atoms with Crippen molar-refractivity contribution < 1.29 is 4.79 Å². The Labute approximate surface area is 138 Å². The molecule has 1 aliphatic rings. The third-order valence-electron chi connectivity index (χ3n) is 4.47. The van der Waals surface area contributed by atoms with Crippen molar-refractivity contribution in [1.29, 1.82) is 0 Å². The van der Waals surface area contributed by atoms with Gasteiger partial charge in [-0.1, -0.05) is 12.1 Å². The van der Waals surface area contributed by atoms with Crippen molar-refractivity contribution in [3.05, 3.63) is 36.4 Å². The molecule has 1 saturated heterocycles. The molecular formula is C16H19N7O. The number of carbonyl (C=O) groups excluding carboxylic acids is 1. The number of nitrogens with zero attached hydrogens (tertiary/aromatic N) is 6. The summed E-state index contributed by atoms with van der Waals surface area (Å²) in [6.07, 6.45) is 4.76. The summed E-state index contributed by atoms with van der Waals surface area (Å²) < 4.78 is 1.65. The van der Waals surface area contributed by atoms with Gasteiger partial charge in [0.1, 0.15) is 12.2 Å². The van der Waals surface area contributed by atoms with Crippen LogP contribution < -0.4 is 0 Å². The zero-order valence-electron chi connectivity index (χ0n) is 13.3. The Bertz CT molecular complexity index is 793. The van der Waals surface area contributed by atoms with E-state index in [-0.39, 0.29) is 11.9 Å². The summed E-state index contributed by atoms with van der Waals surface area (Å²) in [6.45, 7) is 1.45. The molecule has 2 aromatic heterocycles. The molecule has 1 aliphatic heterocycles. The van der Waals surface area contributed by atoms with Crippen LogP contribution in [0, 0.1) is 0 Å². The number of rotatable bonds is 5. The van der Waals surface area contributed by atoms with Crippen molar-refractivity contribution in [3.8, 4) is 0 Å². The molecule has 1 N–H and O–H groups in total. The van der Waals surface area contributed by atoms with E-state index >= 15 is 0 Å². The van der Waals surface area contributed by atoms with Crippen LogP contribution in [0.25, 0.3) is 11.0 Å². The second-order valence-electron chi connectivity index (χ2n) is 6.06. The van der Waals surface area contributed by atoms with E-state index in [2.05, 4.69) is 25.5 Å². The number of carbonyl (C=O) groups is 1. The lowest BCUT2D eigenvalue weighted by atomic mass is 10.2. The maximum absolute atomic E-state index is 12.6. The monoisotopic (exact) mass is 325 g/mol. The van der Waals surface area contributed by atoms with Gasteiger partial charge in [-0.25, -0.2) is 9.67 Å². The van der Waals surface area contributed by atoms with E-state index in [1.165, 1.54) is 0 Å². The summed E-state index contributed by atoms with van der Waals surface area (Å²) in [4.78, 5) is 22.6. The Morgan fingerprint density at radius 3 is 3.08 bits per heavy atom. The summed E-state index contributed by atoms with van der Waals surface area (Å²) in [5, 5.41) is 11.0. The highest BCUT2D eigenvalue weighted by atomic mass is 16.2. The fraction of sp³-hybridized carbons (Fsp3) is 0.438. The van der Waals surface area contributed by atoms with Gasteiger partial charge < -0.3 is 9.88 Å². The molecule has 0 unspecified atom stereocenters. The molecule has 0 radical (unpaired) electrons. The molecule has 8 heteroatoms. The normalized spacial score (nSPS) is 17.7. The third-order valence-corrected chi connectivity index (χ3v) is 4.47. The van der Waals surface area contributed by atoms with E-state index < -0.39 is 0 Å². The minimum atomic E-state index is 0.0536. The van der Waals surface area contributed by atoms with Crippen LogP contribution >= 0.6 is 0 Å². The number of likely N-dealkylation sites (tertiary alicyclic amines) is 1. The molecule has 124 valence electrons. The number of amides is 1. The largest absolute Gasteiger partial charge is 0.340 e. The number of para-hydroxylation sites is 2. The van der Waals surface area contributed by atoms with Crippen molar-refractivity contribution in [3.63, 3.8) is 0 Å². The van der Waals surface area contributed by atoms with Crippen LogP contribution in [0.15, 0.2) is 30.6 Å². The number of H-pyrrole nitrogens is 1. The maximum Gasteiger partial charge on any atom is 0.223 e. The van der Waals surface area contributed by atoms with Gasteiger partial charge in [0.2, 0.25) is 5.91 Å². The number of hydrogen-bond donors (Lipinski definition) is 1. The number of nitrogens with one attached hydrogen (secondary N) is 1. The lowest BCUT2D eigenvalue weighted by Crippen LogP contribution is -2.31. The highest BCUT2D eigenvalue weighted by Gasteiger charge is 2.31. The smallest absolute Gasteiger partial charge is 0.223 e. The van der Waals surface area contributed by atoms with Crippen LogP contribution in [0.2, 0.25) is 0 Å². The summed E-state index contributed by atoms with van der Waals surface area (Å²) in [5.74, 6) is 1.06. The van der Waals surface area contributed by atoms with Crippen molar-refractivity contribution in [2.75, 3.05) is 6.54 Å². The van der Waals surface area contributed by atoms with Gasteiger partial charge in [0.05, 0.1) is 17.1 Å². The molecular weight excluding hydrogens is 306 g/mol. The number of aryl methyl sites for hydroxylation is 1. The predicted octanol–water partition coefficient (Wildman–Crippen LogP) is 1.69. The van der Waals surface area contributed by atoms with Gasteiger partial charge in [-0.2, -0.15) is 0 Å². The summed E-state index contributed by atoms with van der Waals surface area (Å²) in [6, 6.07) is 8.02. The highest BCUT2D eigenvalue weighted by molar-refractivity contribution is 5.78. The first-order valence-corrected chi connectivity index (χ1v) is 8.26. The van der Waals surface area contributed by atoms with Gasteiger partial charge in [-0.3, -0.25) is 4.79 Å². The molecule has 1 atom stereocenters. The Morgan fingerprint density at radius 2 is 2.25 bits per heavy atom. The van der Waals surface area contributed by atoms with Crippen LogP contribution in [0.1, 0.15) is 37.5 Å². The number of tetrazole rings is 1. The van der Waals surface area contributed by atoms with Crippen molar-refractivity contribution in [2.24, 2.45) is 0 Å². The number of benzene rings is 1. The van der Waals surface area contributed by atoms with E-state index in [1.54, 1.807) is 11.0 Å². The van der Waals surface area contributed by atoms with E-state index in [0.29, 0.717) is 13.0 Å². The van der Waals surface area contributed by atoms with Crippen molar-refractivity contribution >= 4 is 16.9 Å². The summed E-state index contributed by atoms with van der Waals surface area (Å²) in [7, 11) is 0. The van der Waals surface area contributed by atoms with Gasteiger partial charge in [0, 0.05) is 19.5 Å². The molecule has 1 amide bonds. The average Bonchev–Trinajstić information content (AvgIpc) is 3.33. The zero-order valence-corrected chi connectivity index (χ0v) is 13.3. The van der Waals surface area contributed by atoms with Gasteiger partial charge in [-0.05, 0) is 41.8 Å². The van der Waals surface area contributed by atoms with Crippen LogP contribution in [0.4, 0.5) is 0 Å². The molecule has 0 bridgehead atoms. The van der Waals surface area contributed by atoms with E-state index in [4.69, 9.17) is 0 Å². The number of imidazole rings is 1. The van der Waals surface area contributed by atoms with Gasteiger partial charge >= 0.3 is 0 Å². The quantitative estimate of drug-likeness (QED) is 0.770. The minimum absolute atomic E-state index is 0.0536. The Balaban J connectivity index is 1.42. The van der Waals surface area contributed by atoms with Gasteiger partial charge in [-0.15, -0.1) is 5.10 Å². The van der Waals surface area contributed by atoms with Crippen molar-refractivity contribution in [1.82, 2.24) is 35.1 Å². The highest BCUT2D eigenvalue weighted by Crippen LogP contribution is 2.32. The molecule has 0 spiro atoms. The van der Waals surface area contributed by atoms with Gasteiger partial charge in [0.15, 0.2) is 0 Å². The molecule has 24 heavy (non-hydrogen) atoms. The molecule has 1 aromatic carbocycles. The maximum atomic E-state index is 12.6. The third kappa shape index (κ3) is 2.86. The molecule has 0 aliphatic carbocycles. The second kappa shape index (κ2) is 6.38. The second-order valence-corrected chi connectivity index (χ2v) is 6.06. The molecule has 8 nitrogen and oxygen atoms in total. The number of fused-ring (bicyclic) bond motifs is 1. The first kappa shape index (κ1) is 14.8. The van der Waals surface area contributed by atoms with Crippen LogP contribution in [0.5, 0.6) is 0 Å². The fourth-order valence-corrected chi connectivity index (χ4v) is 3.30. The van der Waals surface area contributed by atoms with Crippen LogP contribution in [-0.2, 0) is 11.3 Å². The fourth-order valence-electron chi connectivity index (χ4n) is 3.30. The minimum Gasteiger partial charge on any atom is -0.340 e. The predicted molar refractivity (Wildman–Crippen MR) is 86.8 cm³/mol.